The molecule has 0 aliphatic rings. The molecule has 3 amide bonds. The van der Waals surface area contributed by atoms with Gasteiger partial charge in [-0.2, -0.15) is 0 Å². The Hall–Kier alpha value is -4.23. The number of aliphatic hydroxyl groups excluding tert-OH is 1. The number of aromatic amines is 2. The summed E-state index contributed by atoms with van der Waals surface area (Å²) >= 11 is 0. The highest BCUT2D eigenvalue weighted by molar-refractivity contribution is 5.94. The number of para-hydroxylation sites is 1. The number of hydrogen-bond acceptors (Lipinski definition) is 7. The van der Waals surface area contributed by atoms with Gasteiger partial charge in [-0.1, -0.05) is 32.0 Å². The van der Waals surface area contributed by atoms with Crippen molar-refractivity contribution >= 4 is 34.6 Å². The minimum Gasteiger partial charge on any atom is -0.480 e. The maximum atomic E-state index is 13.2. The molecule has 3 rings (SSSR count). The van der Waals surface area contributed by atoms with Crippen LogP contribution in [0.15, 0.2) is 43.0 Å². The van der Waals surface area contributed by atoms with E-state index >= 15 is 0 Å². The second-order valence-electron chi connectivity index (χ2n) is 10.3. The van der Waals surface area contributed by atoms with Gasteiger partial charge in [0, 0.05) is 41.8 Å². The van der Waals surface area contributed by atoms with Gasteiger partial charge < -0.3 is 41.9 Å². The van der Waals surface area contributed by atoms with Crippen molar-refractivity contribution in [1.82, 2.24) is 30.9 Å². The van der Waals surface area contributed by atoms with Gasteiger partial charge in [-0.25, -0.2) is 9.78 Å². The van der Waals surface area contributed by atoms with Gasteiger partial charge in [-0.3, -0.25) is 14.4 Å². The number of benzene rings is 1. The van der Waals surface area contributed by atoms with Crippen molar-refractivity contribution in [3.63, 3.8) is 0 Å². The van der Waals surface area contributed by atoms with Crippen LogP contribution in [0.5, 0.6) is 0 Å². The topological polar surface area (TPSA) is 215 Å². The van der Waals surface area contributed by atoms with Gasteiger partial charge >= 0.3 is 5.97 Å². The highest BCUT2D eigenvalue weighted by Crippen LogP contribution is 2.19. The van der Waals surface area contributed by atoms with Crippen LogP contribution in [0.1, 0.15) is 38.4 Å². The largest absolute Gasteiger partial charge is 0.480 e. The summed E-state index contributed by atoms with van der Waals surface area (Å²) < 4.78 is 0. The van der Waals surface area contributed by atoms with Crippen molar-refractivity contribution in [3.8, 4) is 0 Å². The third kappa shape index (κ3) is 8.13. The molecule has 0 saturated heterocycles. The molecule has 0 aliphatic heterocycles. The molecule has 0 fully saturated rings. The highest BCUT2D eigenvalue weighted by atomic mass is 16.4. The van der Waals surface area contributed by atoms with E-state index in [1.54, 1.807) is 12.4 Å². The van der Waals surface area contributed by atoms with Crippen LogP contribution in [0.4, 0.5) is 0 Å². The number of carbonyl (C=O) groups excluding carboxylic acids is 3. The lowest BCUT2D eigenvalue weighted by molar-refractivity contribution is -0.143. The average Bonchev–Trinajstić information content (AvgIpc) is 3.55. The summed E-state index contributed by atoms with van der Waals surface area (Å²) in [6, 6.07) is 2.56. The van der Waals surface area contributed by atoms with Gasteiger partial charge in [-0.05, 0) is 30.9 Å². The molecule has 40 heavy (non-hydrogen) atoms. The van der Waals surface area contributed by atoms with Crippen LogP contribution < -0.4 is 21.7 Å². The number of carboxylic acid groups (broad SMARTS) is 1. The Bertz CT molecular complexity index is 1300. The van der Waals surface area contributed by atoms with Crippen LogP contribution in [0, 0.1) is 5.92 Å². The molecule has 5 unspecified atom stereocenters. The normalized spacial score (nSPS) is 15.2. The van der Waals surface area contributed by atoms with E-state index in [9.17, 15) is 29.4 Å². The molecule has 0 aliphatic carbocycles. The molecule has 13 heteroatoms. The maximum absolute atomic E-state index is 13.2. The van der Waals surface area contributed by atoms with Crippen LogP contribution in [0.3, 0.4) is 0 Å². The quantitative estimate of drug-likeness (QED) is 0.135. The number of imidazole rings is 1. The molecule has 13 nitrogen and oxygen atoms in total. The van der Waals surface area contributed by atoms with Crippen LogP contribution in [0.2, 0.25) is 0 Å². The molecule has 9 N–H and O–H groups in total. The standard InChI is InChI=1S/C27H37N7O6/c1-14(2)8-21(32-24(36)19(28)10-17-12-29-13-31-17)25(37)34-23(15(3)35)26(38)33-22(27(39)40)9-16-11-30-20-7-5-4-6-18(16)20/h4-7,11-15,19,21-23,30,35H,8-10,28H2,1-3H3,(H,29,31)(H,32,36)(H,33,38)(H,34,37)(H,39,40). The number of hydrogen-bond donors (Lipinski definition) is 8. The molecule has 5 atom stereocenters. The van der Waals surface area contributed by atoms with E-state index in [-0.39, 0.29) is 25.2 Å². The molecule has 3 aromatic rings. The Labute approximate surface area is 231 Å². The molecule has 2 aromatic heterocycles. The molecule has 0 radical (unpaired) electrons. The lowest BCUT2D eigenvalue weighted by Gasteiger charge is -2.27. The number of nitrogens with two attached hydrogens (primary N) is 1. The molecule has 0 spiro atoms. The predicted molar refractivity (Wildman–Crippen MR) is 147 cm³/mol. The van der Waals surface area contributed by atoms with E-state index in [1.165, 1.54) is 13.3 Å². The first-order chi connectivity index (χ1) is 19.0. The van der Waals surface area contributed by atoms with Gasteiger partial charge in [0.05, 0.1) is 18.5 Å². The number of amides is 3. The van der Waals surface area contributed by atoms with E-state index < -0.39 is 54.0 Å². The summed E-state index contributed by atoms with van der Waals surface area (Å²) in [4.78, 5) is 60.9. The third-order valence-electron chi connectivity index (χ3n) is 6.45. The van der Waals surface area contributed by atoms with Crippen molar-refractivity contribution < 1.29 is 29.4 Å². The lowest BCUT2D eigenvalue weighted by Crippen LogP contribution is -2.60. The smallest absolute Gasteiger partial charge is 0.326 e. The Balaban J connectivity index is 1.69. The van der Waals surface area contributed by atoms with E-state index in [0.29, 0.717) is 11.3 Å². The van der Waals surface area contributed by atoms with E-state index in [0.717, 1.165) is 10.9 Å². The third-order valence-corrected chi connectivity index (χ3v) is 6.45. The average molecular weight is 556 g/mol. The van der Waals surface area contributed by atoms with Gasteiger partial charge in [0.2, 0.25) is 17.7 Å². The zero-order valence-corrected chi connectivity index (χ0v) is 22.7. The molecular weight excluding hydrogens is 518 g/mol. The fourth-order valence-electron chi connectivity index (χ4n) is 4.35. The van der Waals surface area contributed by atoms with E-state index in [1.807, 2.05) is 38.1 Å². The number of nitrogens with zero attached hydrogens (tertiary/aromatic N) is 1. The number of H-pyrrole nitrogens is 2. The Morgan fingerprint density at radius 1 is 0.950 bits per heavy atom. The number of carbonyl (C=O) groups is 4. The molecule has 2 heterocycles. The van der Waals surface area contributed by atoms with E-state index in [2.05, 4.69) is 30.9 Å². The van der Waals surface area contributed by atoms with Gasteiger partial charge in [0.1, 0.15) is 18.1 Å². The molecular formula is C27H37N7O6. The predicted octanol–water partition coefficient (Wildman–Crippen LogP) is -0.0306. The minimum absolute atomic E-state index is 0.00808. The first-order valence-electron chi connectivity index (χ1n) is 13.1. The summed E-state index contributed by atoms with van der Waals surface area (Å²) in [5, 5.41) is 28.4. The van der Waals surface area contributed by atoms with Crippen LogP contribution in [-0.4, -0.2) is 79.1 Å². The summed E-state index contributed by atoms with van der Waals surface area (Å²) in [5.74, 6) is -3.43. The summed E-state index contributed by atoms with van der Waals surface area (Å²) in [6.45, 7) is 5.02. The number of fused-ring (bicyclic) bond motifs is 1. The molecule has 0 saturated carbocycles. The molecule has 216 valence electrons. The fourth-order valence-corrected chi connectivity index (χ4v) is 4.35. The lowest BCUT2D eigenvalue weighted by atomic mass is 10.0. The first kappa shape index (κ1) is 30.3. The van der Waals surface area contributed by atoms with Gasteiger partial charge in [-0.15, -0.1) is 0 Å². The first-order valence-corrected chi connectivity index (χ1v) is 13.1. The van der Waals surface area contributed by atoms with Crippen molar-refractivity contribution in [2.24, 2.45) is 11.7 Å². The van der Waals surface area contributed by atoms with Crippen LogP contribution >= 0.6 is 0 Å². The van der Waals surface area contributed by atoms with Crippen LogP contribution in [0.25, 0.3) is 10.9 Å². The van der Waals surface area contributed by atoms with E-state index in [4.69, 9.17) is 5.73 Å². The second kappa shape index (κ2) is 13.7. The number of aliphatic carboxylic acids is 1. The van der Waals surface area contributed by atoms with Gasteiger partial charge in [0.15, 0.2) is 0 Å². The zero-order chi connectivity index (χ0) is 29.4. The van der Waals surface area contributed by atoms with Crippen molar-refractivity contribution in [2.75, 3.05) is 0 Å². The van der Waals surface area contributed by atoms with Crippen molar-refractivity contribution in [2.45, 2.75) is 70.3 Å². The SMILES string of the molecule is CC(C)CC(NC(=O)C(N)Cc1cnc[nH]1)C(=O)NC(C(=O)NC(Cc1c[nH]c2ccccc12)C(=O)O)C(C)O. The number of carboxylic acids is 1. The summed E-state index contributed by atoms with van der Waals surface area (Å²) in [5.41, 5.74) is 8.17. The molecule has 1 aromatic carbocycles. The monoisotopic (exact) mass is 555 g/mol. The highest BCUT2D eigenvalue weighted by Gasteiger charge is 2.33. The fraction of sp³-hybridized carbons (Fsp3) is 0.444. The minimum atomic E-state index is -1.47. The summed E-state index contributed by atoms with van der Waals surface area (Å²) in [7, 11) is 0. The zero-order valence-electron chi connectivity index (χ0n) is 22.7. The number of aromatic nitrogens is 3. The van der Waals surface area contributed by atoms with Crippen molar-refractivity contribution in [3.05, 3.63) is 54.2 Å². The number of nitrogens with one attached hydrogen (secondary N) is 5. The van der Waals surface area contributed by atoms with Crippen LogP contribution in [-0.2, 0) is 32.0 Å². The Kier molecular flexibility index (Phi) is 10.4. The Morgan fingerprint density at radius 2 is 1.65 bits per heavy atom. The number of rotatable bonds is 14. The van der Waals surface area contributed by atoms with Gasteiger partial charge in [0.25, 0.3) is 0 Å². The molecule has 0 bridgehead atoms. The van der Waals surface area contributed by atoms with Crippen molar-refractivity contribution in [1.29, 1.82) is 0 Å². The Morgan fingerprint density at radius 3 is 2.27 bits per heavy atom. The maximum Gasteiger partial charge on any atom is 0.326 e. The summed E-state index contributed by atoms with van der Waals surface area (Å²) in [6.07, 6.45) is 3.72. The number of aliphatic hydroxyl groups is 1. The second-order valence-corrected chi connectivity index (χ2v) is 10.3.